The van der Waals surface area contributed by atoms with Crippen LogP contribution in [0, 0.1) is 0 Å². The molecule has 2 heterocycles. The van der Waals surface area contributed by atoms with E-state index in [2.05, 4.69) is 9.97 Å². The largest absolute Gasteiger partial charge is 0.479 e. The fourth-order valence-corrected chi connectivity index (χ4v) is 1.29. The first-order valence-corrected chi connectivity index (χ1v) is 3.83. The maximum Gasteiger partial charge on any atom is 0.240 e. The van der Waals surface area contributed by atoms with Crippen molar-refractivity contribution in [2.45, 2.75) is 0 Å². The van der Waals surface area contributed by atoms with Crippen LogP contribution in [0.15, 0.2) is 12.5 Å². The SMILES string of the molecule is COc1ncc(N)c2ncn(C)c12.Cl. The first-order valence-electron chi connectivity index (χ1n) is 3.83. The Labute approximate surface area is 87.3 Å². The lowest BCUT2D eigenvalue weighted by atomic mass is 10.3. The van der Waals surface area contributed by atoms with Gasteiger partial charge < -0.3 is 15.0 Å². The van der Waals surface area contributed by atoms with Crippen LogP contribution in [-0.2, 0) is 7.05 Å². The first kappa shape index (κ1) is 10.6. The molecule has 0 saturated heterocycles. The van der Waals surface area contributed by atoms with E-state index in [0.29, 0.717) is 11.6 Å². The third kappa shape index (κ3) is 1.35. The Morgan fingerprint density at radius 1 is 1.43 bits per heavy atom. The highest BCUT2D eigenvalue weighted by atomic mass is 35.5. The number of ether oxygens (including phenoxy) is 1. The zero-order valence-corrected chi connectivity index (χ0v) is 8.71. The number of nitrogens with zero attached hydrogens (tertiary/aromatic N) is 3. The van der Waals surface area contributed by atoms with Gasteiger partial charge in [-0.05, 0) is 0 Å². The monoisotopic (exact) mass is 214 g/mol. The molecular weight excluding hydrogens is 204 g/mol. The van der Waals surface area contributed by atoms with Crippen molar-refractivity contribution in [2.24, 2.45) is 7.05 Å². The average Bonchev–Trinajstić information content (AvgIpc) is 2.51. The number of pyridine rings is 1. The summed E-state index contributed by atoms with van der Waals surface area (Å²) >= 11 is 0. The first-order chi connectivity index (χ1) is 6.24. The van der Waals surface area contributed by atoms with E-state index in [-0.39, 0.29) is 12.4 Å². The molecule has 0 spiro atoms. The van der Waals surface area contributed by atoms with Gasteiger partial charge in [-0.2, -0.15) is 0 Å². The molecule has 0 atom stereocenters. The van der Waals surface area contributed by atoms with Crippen LogP contribution in [0.2, 0.25) is 0 Å². The number of fused-ring (bicyclic) bond motifs is 1. The number of methoxy groups -OCH3 is 1. The fraction of sp³-hybridized carbons (Fsp3) is 0.250. The topological polar surface area (TPSA) is 66.0 Å². The second kappa shape index (κ2) is 3.71. The predicted molar refractivity (Wildman–Crippen MR) is 56.7 cm³/mol. The van der Waals surface area contributed by atoms with Crippen molar-refractivity contribution in [1.29, 1.82) is 0 Å². The van der Waals surface area contributed by atoms with Gasteiger partial charge in [-0.25, -0.2) is 9.97 Å². The lowest BCUT2D eigenvalue weighted by molar-refractivity contribution is 0.401. The van der Waals surface area contributed by atoms with Gasteiger partial charge in [0, 0.05) is 7.05 Å². The lowest BCUT2D eigenvalue weighted by Crippen LogP contribution is -1.96. The maximum absolute atomic E-state index is 5.70. The summed E-state index contributed by atoms with van der Waals surface area (Å²) in [7, 11) is 3.45. The minimum Gasteiger partial charge on any atom is -0.479 e. The molecule has 0 aromatic carbocycles. The molecule has 0 aliphatic heterocycles. The van der Waals surface area contributed by atoms with Gasteiger partial charge in [-0.1, -0.05) is 0 Å². The summed E-state index contributed by atoms with van der Waals surface area (Å²) < 4.78 is 6.92. The minimum atomic E-state index is 0. The van der Waals surface area contributed by atoms with E-state index < -0.39 is 0 Å². The molecule has 14 heavy (non-hydrogen) atoms. The minimum absolute atomic E-state index is 0. The lowest BCUT2D eigenvalue weighted by Gasteiger charge is -2.02. The molecular formula is C8H11ClN4O. The second-order valence-corrected chi connectivity index (χ2v) is 2.78. The van der Waals surface area contributed by atoms with E-state index in [1.807, 2.05) is 11.6 Å². The number of imidazole rings is 1. The van der Waals surface area contributed by atoms with Gasteiger partial charge in [0.05, 0.1) is 25.3 Å². The molecule has 2 N–H and O–H groups in total. The Balaban J connectivity index is 0.000000980. The van der Waals surface area contributed by atoms with Crippen LogP contribution in [0.5, 0.6) is 5.88 Å². The third-order valence-electron chi connectivity index (χ3n) is 1.93. The number of anilines is 1. The number of nitrogen functional groups attached to an aromatic ring is 1. The van der Waals surface area contributed by atoms with Gasteiger partial charge in [0.25, 0.3) is 0 Å². The number of hydrogen-bond acceptors (Lipinski definition) is 4. The molecule has 0 bridgehead atoms. The highest BCUT2D eigenvalue weighted by molar-refractivity contribution is 5.89. The van der Waals surface area contributed by atoms with Crippen LogP contribution in [0.4, 0.5) is 5.69 Å². The summed E-state index contributed by atoms with van der Waals surface area (Å²) in [5.74, 6) is 0.546. The Bertz CT molecular complexity index is 454. The van der Waals surface area contributed by atoms with Crippen molar-refractivity contribution < 1.29 is 4.74 Å². The quantitative estimate of drug-likeness (QED) is 0.769. The molecule has 0 radical (unpaired) electrons. The van der Waals surface area contributed by atoms with Crippen molar-refractivity contribution in [3.63, 3.8) is 0 Å². The van der Waals surface area contributed by atoms with Crippen LogP contribution in [0.25, 0.3) is 11.0 Å². The number of aromatic nitrogens is 3. The Hall–Kier alpha value is -1.49. The van der Waals surface area contributed by atoms with Crippen molar-refractivity contribution in [3.8, 4) is 5.88 Å². The number of rotatable bonds is 1. The van der Waals surface area contributed by atoms with Gasteiger partial charge >= 0.3 is 0 Å². The Kier molecular flexibility index (Phi) is 2.81. The molecule has 76 valence electrons. The summed E-state index contributed by atoms with van der Waals surface area (Å²) in [6.07, 6.45) is 3.24. The summed E-state index contributed by atoms with van der Waals surface area (Å²) in [5, 5.41) is 0. The molecule has 6 heteroatoms. The van der Waals surface area contributed by atoms with Gasteiger partial charge in [0.1, 0.15) is 11.0 Å². The van der Waals surface area contributed by atoms with E-state index in [0.717, 1.165) is 11.0 Å². The molecule has 2 aromatic heterocycles. The summed E-state index contributed by atoms with van der Waals surface area (Å²) in [4.78, 5) is 8.19. The second-order valence-electron chi connectivity index (χ2n) is 2.78. The fourth-order valence-electron chi connectivity index (χ4n) is 1.29. The maximum atomic E-state index is 5.70. The number of halogens is 1. The molecule has 0 amide bonds. The van der Waals surface area contributed by atoms with Crippen molar-refractivity contribution >= 4 is 29.1 Å². The highest BCUT2D eigenvalue weighted by Gasteiger charge is 2.10. The summed E-state index contributed by atoms with van der Waals surface area (Å²) in [5.41, 5.74) is 7.82. The molecule has 0 aliphatic rings. The molecule has 2 aromatic rings. The molecule has 0 fully saturated rings. The van der Waals surface area contributed by atoms with E-state index in [1.165, 1.54) is 0 Å². The van der Waals surface area contributed by atoms with Gasteiger partial charge in [0.15, 0.2) is 0 Å². The summed E-state index contributed by atoms with van der Waals surface area (Å²) in [6, 6.07) is 0. The van der Waals surface area contributed by atoms with Crippen molar-refractivity contribution in [1.82, 2.24) is 14.5 Å². The van der Waals surface area contributed by atoms with Crippen LogP contribution >= 0.6 is 12.4 Å². The van der Waals surface area contributed by atoms with Crippen LogP contribution in [-0.4, -0.2) is 21.6 Å². The van der Waals surface area contributed by atoms with Crippen molar-refractivity contribution in [3.05, 3.63) is 12.5 Å². The Morgan fingerprint density at radius 2 is 2.14 bits per heavy atom. The highest BCUT2D eigenvalue weighted by Crippen LogP contribution is 2.25. The molecule has 5 nitrogen and oxygen atoms in total. The third-order valence-corrected chi connectivity index (χ3v) is 1.93. The predicted octanol–water partition coefficient (Wildman–Crippen LogP) is 0.981. The normalized spacial score (nSPS) is 9.86. The average molecular weight is 215 g/mol. The van der Waals surface area contributed by atoms with Crippen molar-refractivity contribution in [2.75, 3.05) is 12.8 Å². The molecule has 0 unspecified atom stereocenters. The van der Waals surface area contributed by atoms with Crippen LogP contribution in [0.3, 0.4) is 0 Å². The van der Waals surface area contributed by atoms with Crippen LogP contribution in [0.1, 0.15) is 0 Å². The standard InChI is InChI=1S/C8H10N4O.ClH/c1-12-4-11-6-5(9)3-10-8(13-2)7(6)12;/h3-4H,9H2,1-2H3;1H. The van der Waals surface area contributed by atoms with E-state index >= 15 is 0 Å². The summed E-state index contributed by atoms with van der Waals surface area (Å²) in [6.45, 7) is 0. The zero-order chi connectivity index (χ0) is 9.42. The van der Waals surface area contributed by atoms with Gasteiger partial charge in [-0.15, -0.1) is 12.4 Å². The van der Waals surface area contributed by atoms with Crippen LogP contribution < -0.4 is 10.5 Å². The molecule has 0 aliphatic carbocycles. The van der Waals surface area contributed by atoms with E-state index in [4.69, 9.17) is 10.5 Å². The molecule has 0 saturated carbocycles. The van der Waals surface area contributed by atoms with E-state index in [1.54, 1.807) is 19.6 Å². The Morgan fingerprint density at radius 3 is 2.79 bits per heavy atom. The zero-order valence-electron chi connectivity index (χ0n) is 7.89. The smallest absolute Gasteiger partial charge is 0.240 e. The number of hydrogen-bond donors (Lipinski definition) is 1. The van der Waals surface area contributed by atoms with Gasteiger partial charge in [0.2, 0.25) is 5.88 Å². The number of nitrogens with two attached hydrogens (primary N) is 1. The molecule has 2 rings (SSSR count). The van der Waals surface area contributed by atoms with Gasteiger partial charge in [-0.3, -0.25) is 0 Å². The number of aryl methyl sites for hydroxylation is 1. The van der Waals surface area contributed by atoms with E-state index in [9.17, 15) is 0 Å².